The molecule has 32 heavy (non-hydrogen) atoms. The molecule has 4 rings (SSSR count). The summed E-state index contributed by atoms with van der Waals surface area (Å²) in [7, 11) is 0. The highest BCUT2D eigenvalue weighted by Crippen LogP contribution is 2.28. The number of benzene rings is 2. The minimum absolute atomic E-state index is 0.0960. The molecule has 170 valence electrons. The third kappa shape index (κ3) is 5.45. The second-order valence-corrected chi connectivity index (χ2v) is 7.89. The number of rotatable bonds is 9. The third-order valence-electron chi connectivity index (χ3n) is 5.47. The van der Waals surface area contributed by atoms with E-state index in [0.29, 0.717) is 57.4 Å². The van der Waals surface area contributed by atoms with Gasteiger partial charge in [-0.2, -0.15) is 0 Å². The van der Waals surface area contributed by atoms with Crippen LogP contribution in [0.4, 0.5) is 0 Å². The zero-order chi connectivity index (χ0) is 22.2. The van der Waals surface area contributed by atoms with Gasteiger partial charge in [-0.3, -0.25) is 10.2 Å². The summed E-state index contributed by atoms with van der Waals surface area (Å²) >= 11 is 0. The van der Waals surface area contributed by atoms with Crippen LogP contribution in [0.3, 0.4) is 0 Å². The standard InChI is InChI=1S/C24H29N3O5/c28-13-4-14-31-21-9-7-20(8-10-21)22-25-24(18-32-22,17-19-5-2-1-3-6-19)23(29)26-27-11-15-30-16-12-27/h1-3,5-10,28H,4,11-18H2,(H,26,29)/t24-/m0/s1. The quantitative estimate of drug-likeness (QED) is 0.577. The molecule has 2 aliphatic rings. The van der Waals surface area contributed by atoms with Crippen LogP contribution >= 0.6 is 0 Å². The SMILES string of the molecule is O=C(NN1CCOCC1)[C@]1(Cc2ccccc2)COC(c2ccc(OCCCO)cc2)=N1. The van der Waals surface area contributed by atoms with Gasteiger partial charge in [-0.15, -0.1) is 0 Å². The number of ether oxygens (including phenoxy) is 3. The first kappa shape index (κ1) is 22.3. The number of morpholine rings is 1. The summed E-state index contributed by atoms with van der Waals surface area (Å²) in [6.45, 7) is 3.17. The van der Waals surface area contributed by atoms with Crippen molar-refractivity contribution in [2.45, 2.75) is 18.4 Å². The summed E-state index contributed by atoms with van der Waals surface area (Å²) in [4.78, 5) is 18.2. The first-order valence-electron chi connectivity index (χ1n) is 10.9. The summed E-state index contributed by atoms with van der Waals surface area (Å²) in [5, 5.41) is 10.8. The number of amides is 1. The molecule has 8 nitrogen and oxygen atoms in total. The first-order chi connectivity index (χ1) is 15.7. The highest BCUT2D eigenvalue weighted by atomic mass is 16.5. The molecule has 0 spiro atoms. The average Bonchev–Trinajstić information content (AvgIpc) is 3.26. The number of carbonyl (C=O) groups is 1. The van der Waals surface area contributed by atoms with Crippen molar-refractivity contribution in [2.24, 2.45) is 4.99 Å². The normalized spacial score (nSPS) is 21.0. The molecule has 0 aromatic heterocycles. The Balaban J connectivity index is 1.54. The monoisotopic (exact) mass is 439 g/mol. The zero-order valence-corrected chi connectivity index (χ0v) is 18.0. The van der Waals surface area contributed by atoms with Gasteiger partial charge in [0.15, 0.2) is 5.54 Å². The molecule has 0 aliphatic carbocycles. The molecule has 2 N–H and O–H groups in total. The Morgan fingerprint density at radius 3 is 2.59 bits per heavy atom. The van der Waals surface area contributed by atoms with Crippen molar-refractivity contribution in [3.05, 3.63) is 65.7 Å². The molecule has 0 radical (unpaired) electrons. The van der Waals surface area contributed by atoms with E-state index in [2.05, 4.69) is 5.43 Å². The Labute approximate surface area is 187 Å². The number of aliphatic imine (C=N–C) groups is 1. The van der Waals surface area contributed by atoms with Crippen LogP contribution in [0, 0.1) is 0 Å². The van der Waals surface area contributed by atoms with E-state index in [1.807, 2.05) is 59.6 Å². The first-order valence-corrected chi connectivity index (χ1v) is 10.9. The fraction of sp³-hybridized carbons (Fsp3) is 0.417. The van der Waals surface area contributed by atoms with Crippen LogP contribution < -0.4 is 10.2 Å². The van der Waals surface area contributed by atoms with Crippen molar-refractivity contribution in [1.82, 2.24) is 10.4 Å². The number of aliphatic hydroxyl groups is 1. The average molecular weight is 440 g/mol. The summed E-state index contributed by atoms with van der Waals surface area (Å²) < 4.78 is 16.9. The fourth-order valence-electron chi connectivity index (χ4n) is 3.69. The molecule has 0 saturated carbocycles. The Hall–Kier alpha value is -2.94. The molecule has 2 aromatic carbocycles. The van der Waals surface area contributed by atoms with Crippen molar-refractivity contribution >= 4 is 11.8 Å². The molecule has 1 atom stereocenters. The van der Waals surface area contributed by atoms with Gasteiger partial charge in [-0.1, -0.05) is 30.3 Å². The minimum atomic E-state index is -1.05. The molecular formula is C24H29N3O5. The molecular weight excluding hydrogens is 410 g/mol. The predicted octanol–water partition coefficient (Wildman–Crippen LogP) is 1.57. The molecule has 0 bridgehead atoms. The van der Waals surface area contributed by atoms with Crippen molar-refractivity contribution in [3.8, 4) is 5.75 Å². The highest BCUT2D eigenvalue weighted by molar-refractivity contribution is 6.00. The Kier molecular flexibility index (Phi) is 7.36. The van der Waals surface area contributed by atoms with Crippen LogP contribution in [-0.2, 0) is 20.7 Å². The van der Waals surface area contributed by atoms with Gasteiger partial charge >= 0.3 is 0 Å². The van der Waals surface area contributed by atoms with E-state index in [0.717, 1.165) is 11.1 Å². The van der Waals surface area contributed by atoms with Gasteiger partial charge in [0.2, 0.25) is 5.90 Å². The summed E-state index contributed by atoms with van der Waals surface area (Å²) in [6, 6.07) is 17.3. The molecule has 2 aliphatic heterocycles. The summed E-state index contributed by atoms with van der Waals surface area (Å²) in [5.74, 6) is 0.976. The lowest BCUT2D eigenvalue weighted by molar-refractivity contribution is -0.133. The van der Waals surface area contributed by atoms with Gasteiger partial charge in [-0.25, -0.2) is 10.0 Å². The van der Waals surface area contributed by atoms with Crippen molar-refractivity contribution in [2.75, 3.05) is 46.1 Å². The number of hydrogen-bond acceptors (Lipinski definition) is 7. The van der Waals surface area contributed by atoms with E-state index in [4.69, 9.17) is 24.3 Å². The molecule has 2 heterocycles. The van der Waals surface area contributed by atoms with Gasteiger partial charge < -0.3 is 19.3 Å². The number of carbonyl (C=O) groups excluding carboxylic acids is 1. The fourth-order valence-corrected chi connectivity index (χ4v) is 3.69. The number of hydrazine groups is 1. The molecule has 1 fully saturated rings. The lowest BCUT2D eigenvalue weighted by Gasteiger charge is -2.31. The summed E-state index contributed by atoms with van der Waals surface area (Å²) in [5.41, 5.74) is 3.77. The van der Waals surface area contributed by atoms with Gasteiger partial charge in [0.05, 0.1) is 19.8 Å². The van der Waals surface area contributed by atoms with E-state index in [1.165, 1.54) is 0 Å². The Bertz CT molecular complexity index is 913. The molecule has 1 saturated heterocycles. The maximum Gasteiger partial charge on any atom is 0.266 e. The van der Waals surface area contributed by atoms with E-state index in [1.54, 1.807) is 0 Å². The largest absolute Gasteiger partial charge is 0.494 e. The second-order valence-electron chi connectivity index (χ2n) is 7.89. The van der Waals surface area contributed by atoms with Crippen LogP contribution in [0.2, 0.25) is 0 Å². The van der Waals surface area contributed by atoms with Gasteiger partial charge in [0.1, 0.15) is 12.4 Å². The van der Waals surface area contributed by atoms with Crippen LogP contribution in [-0.4, -0.2) is 73.6 Å². The van der Waals surface area contributed by atoms with Gasteiger partial charge in [0.25, 0.3) is 5.91 Å². The number of nitrogens with zero attached hydrogens (tertiary/aromatic N) is 2. The zero-order valence-electron chi connectivity index (χ0n) is 18.0. The Morgan fingerprint density at radius 1 is 1.12 bits per heavy atom. The van der Waals surface area contributed by atoms with Crippen LogP contribution in [0.25, 0.3) is 0 Å². The topological polar surface area (TPSA) is 92.6 Å². The number of aliphatic hydroxyl groups excluding tert-OH is 1. The molecule has 8 heteroatoms. The van der Waals surface area contributed by atoms with Crippen LogP contribution in [0.15, 0.2) is 59.6 Å². The van der Waals surface area contributed by atoms with Crippen molar-refractivity contribution in [3.63, 3.8) is 0 Å². The van der Waals surface area contributed by atoms with Crippen molar-refractivity contribution in [1.29, 1.82) is 0 Å². The van der Waals surface area contributed by atoms with Crippen LogP contribution in [0.5, 0.6) is 5.75 Å². The lowest BCUT2D eigenvalue weighted by Crippen LogP contribution is -2.56. The van der Waals surface area contributed by atoms with Crippen LogP contribution in [0.1, 0.15) is 17.5 Å². The lowest BCUT2D eigenvalue weighted by atomic mass is 9.91. The van der Waals surface area contributed by atoms with Gasteiger partial charge in [0, 0.05) is 38.1 Å². The molecule has 0 unspecified atom stereocenters. The third-order valence-corrected chi connectivity index (χ3v) is 5.47. The van der Waals surface area contributed by atoms with Gasteiger partial charge in [-0.05, 0) is 29.8 Å². The minimum Gasteiger partial charge on any atom is -0.494 e. The van der Waals surface area contributed by atoms with E-state index in [-0.39, 0.29) is 19.1 Å². The van der Waals surface area contributed by atoms with E-state index >= 15 is 0 Å². The maximum atomic E-state index is 13.4. The second kappa shape index (κ2) is 10.6. The Morgan fingerprint density at radius 2 is 1.88 bits per heavy atom. The number of hydrogen-bond donors (Lipinski definition) is 2. The smallest absolute Gasteiger partial charge is 0.266 e. The maximum absolute atomic E-state index is 13.4. The highest BCUT2D eigenvalue weighted by Gasteiger charge is 2.45. The predicted molar refractivity (Wildman–Crippen MR) is 120 cm³/mol. The van der Waals surface area contributed by atoms with E-state index < -0.39 is 5.54 Å². The molecule has 1 amide bonds. The van der Waals surface area contributed by atoms with E-state index in [9.17, 15) is 4.79 Å². The number of nitrogens with one attached hydrogen (secondary N) is 1. The molecule has 2 aromatic rings. The summed E-state index contributed by atoms with van der Waals surface area (Å²) in [6.07, 6.45) is 1.02. The van der Waals surface area contributed by atoms with Crippen molar-refractivity contribution < 1.29 is 24.1 Å².